The number of nitrogens with one attached hydrogen (secondary N) is 1. The minimum atomic E-state index is -0.801. The third kappa shape index (κ3) is 4.95. The summed E-state index contributed by atoms with van der Waals surface area (Å²) in [7, 11) is 0. The highest BCUT2D eigenvalue weighted by Gasteiger charge is 2.27. The molecule has 7 nitrogen and oxygen atoms in total. The quantitative estimate of drug-likeness (QED) is 0.654. The van der Waals surface area contributed by atoms with E-state index in [9.17, 15) is 14.9 Å². The molecule has 1 fully saturated rings. The van der Waals surface area contributed by atoms with Crippen molar-refractivity contribution in [2.45, 2.75) is 26.0 Å². The number of nitro groups is 1. The van der Waals surface area contributed by atoms with Crippen LogP contribution in [0, 0.1) is 10.1 Å². The van der Waals surface area contributed by atoms with E-state index < -0.39 is 11.0 Å². The van der Waals surface area contributed by atoms with Crippen molar-refractivity contribution < 1.29 is 14.5 Å². The third-order valence-corrected chi connectivity index (χ3v) is 3.68. The number of hydrogen-bond donors (Lipinski definition) is 1. The van der Waals surface area contributed by atoms with Crippen LogP contribution in [-0.2, 0) is 4.79 Å². The molecule has 2 rings (SSSR count). The molecule has 2 unspecified atom stereocenters. The number of halogens is 2. The SMILES string of the molecule is CC1CN(C(=O)C(C)Oc2ccc(Cl)cc2[N+](=O)[O-])CCN1.Cl. The molecule has 2 atom stereocenters. The van der Waals surface area contributed by atoms with Crippen LogP contribution < -0.4 is 10.1 Å². The van der Waals surface area contributed by atoms with Crippen LogP contribution >= 0.6 is 24.0 Å². The first-order valence-electron chi connectivity index (χ1n) is 7.01. The van der Waals surface area contributed by atoms with Crippen LogP contribution in [0.4, 0.5) is 5.69 Å². The van der Waals surface area contributed by atoms with Gasteiger partial charge in [0.15, 0.2) is 11.9 Å². The summed E-state index contributed by atoms with van der Waals surface area (Å²) < 4.78 is 5.50. The summed E-state index contributed by atoms with van der Waals surface area (Å²) in [6.07, 6.45) is -0.801. The molecule has 0 spiro atoms. The van der Waals surface area contributed by atoms with Crippen LogP contribution in [0.25, 0.3) is 0 Å². The molecule has 23 heavy (non-hydrogen) atoms. The molecule has 0 radical (unpaired) electrons. The van der Waals surface area contributed by atoms with Crippen molar-refractivity contribution in [2.75, 3.05) is 19.6 Å². The lowest BCUT2D eigenvalue weighted by molar-refractivity contribution is -0.386. The summed E-state index contributed by atoms with van der Waals surface area (Å²) in [6, 6.07) is 4.33. The Hall–Kier alpha value is -1.57. The highest BCUT2D eigenvalue weighted by Crippen LogP contribution is 2.30. The smallest absolute Gasteiger partial charge is 0.312 e. The zero-order valence-electron chi connectivity index (χ0n) is 12.8. The van der Waals surface area contributed by atoms with Gasteiger partial charge in [-0.05, 0) is 26.0 Å². The Morgan fingerprint density at radius 1 is 1.57 bits per heavy atom. The number of hydrogen-bond acceptors (Lipinski definition) is 5. The Labute approximate surface area is 145 Å². The van der Waals surface area contributed by atoms with E-state index in [-0.39, 0.29) is 40.8 Å². The number of nitrogens with zero attached hydrogens (tertiary/aromatic N) is 2. The fourth-order valence-electron chi connectivity index (χ4n) is 2.36. The number of amides is 1. The molecular formula is C14H19Cl2N3O4. The molecule has 1 aliphatic heterocycles. The largest absolute Gasteiger partial charge is 0.474 e. The minimum Gasteiger partial charge on any atom is -0.474 e. The third-order valence-electron chi connectivity index (χ3n) is 3.45. The van der Waals surface area contributed by atoms with E-state index in [2.05, 4.69) is 5.32 Å². The summed E-state index contributed by atoms with van der Waals surface area (Å²) in [6.45, 7) is 5.50. The second-order valence-corrected chi connectivity index (χ2v) is 5.71. The summed E-state index contributed by atoms with van der Waals surface area (Å²) in [5.41, 5.74) is -0.249. The maximum Gasteiger partial charge on any atom is 0.312 e. The molecule has 9 heteroatoms. The van der Waals surface area contributed by atoms with Crippen molar-refractivity contribution in [3.8, 4) is 5.75 Å². The van der Waals surface area contributed by atoms with Crippen LogP contribution in [0.1, 0.15) is 13.8 Å². The monoisotopic (exact) mass is 363 g/mol. The predicted octanol–water partition coefficient (Wildman–Crippen LogP) is 2.26. The van der Waals surface area contributed by atoms with E-state index in [1.165, 1.54) is 18.2 Å². The van der Waals surface area contributed by atoms with Gasteiger partial charge in [0.25, 0.3) is 5.91 Å². The van der Waals surface area contributed by atoms with Crippen molar-refractivity contribution in [3.05, 3.63) is 33.3 Å². The van der Waals surface area contributed by atoms with Crippen molar-refractivity contribution in [1.29, 1.82) is 0 Å². The first kappa shape index (κ1) is 19.5. The highest BCUT2D eigenvalue weighted by atomic mass is 35.5. The Bertz CT molecular complexity index is 585. The Balaban J connectivity index is 0.00000264. The van der Waals surface area contributed by atoms with Crippen molar-refractivity contribution >= 4 is 35.6 Å². The lowest BCUT2D eigenvalue weighted by Crippen LogP contribution is -2.54. The topological polar surface area (TPSA) is 84.7 Å². The van der Waals surface area contributed by atoms with Crippen molar-refractivity contribution in [1.82, 2.24) is 10.2 Å². The molecule has 0 aliphatic carbocycles. The lowest BCUT2D eigenvalue weighted by Gasteiger charge is -2.33. The van der Waals surface area contributed by atoms with Gasteiger partial charge in [0.1, 0.15) is 0 Å². The average molecular weight is 364 g/mol. The Morgan fingerprint density at radius 2 is 2.26 bits per heavy atom. The maximum atomic E-state index is 12.4. The minimum absolute atomic E-state index is 0. The van der Waals surface area contributed by atoms with Gasteiger partial charge in [-0.3, -0.25) is 14.9 Å². The number of ether oxygens (including phenoxy) is 1. The molecule has 0 saturated carbocycles. The molecule has 1 N–H and O–H groups in total. The van der Waals surface area contributed by atoms with Gasteiger partial charge in [-0.2, -0.15) is 0 Å². The molecule has 1 saturated heterocycles. The fraction of sp³-hybridized carbons (Fsp3) is 0.500. The molecule has 1 aliphatic rings. The summed E-state index contributed by atoms with van der Waals surface area (Å²) in [5.74, 6) is -0.143. The zero-order chi connectivity index (χ0) is 16.3. The van der Waals surface area contributed by atoms with Gasteiger partial charge in [0.05, 0.1) is 4.92 Å². The first-order chi connectivity index (χ1) is 10.4. The van der Waals surface area contributed by atoms with E-state index in [1.54, 1.807) is 11.8 Å². The molecule has 1 aromatic carbocycles. The van der Waals surface area contributed by atoms with Gasteiger partial charge in [0.2, 0.25) is 0 Å². The van der Waals surface area contributed by atoms with Crippen LogP contribution in [0.5, 0.6) is 5.75 Å². The molecular weight excluding hydrogens is 345 g/mol. The van der Waals surface area contributed by atoms with Gasteiger partial charge < -0.3 is 15.0 Å². The normalized spacial score (nSPS) is 18.7. The van der Waals surface area contributed by atoms with Gasteiger partial charge in [-0.1, -0.05) is 11.6 Å². The summed E-state index contributed by atoms with van der Waals surface area (Å²) >= 11 is 5.76. The van der Waals surface area contributed by atoms with E-state index >= 15 is 0 Å². The van der Waals surface area contributed by atoms with Crippen molar-refractivity contribution in [2.24, 2.45) is 0 Å². The lowest BCUT2D eigenvalue weighted by atomic mass is 10.2. The number of rotatable bonds is 4. The van der Waals surface area contributed by atoms with Crippen molar-refractivity contribution in [3.63, 3.8) is 0 Å². The van der Waals surface area contributed by atoms with Crippen LogP contribution in [-0.4, -0.2) is 47.5 Å². The summed E-state index contributed by atoms with van der Waals surface area (Å²) in [5, 5.41) is 14.5. The number of benzene rings is 1. The standard InChI is InChI=1S/C14H18ClN3O4.ClH/c1-9-8-17(6-5-16-9)14(19)10(2)22-13-4-3-11(15)7-12(13)18(20)21;/h3-4,7,9-10,16H,5-6,8H2,1-2H3;1H. The second kappa shape index (κ2) is 8.33. The van der Waals surface area contributed by atoms with E-state index in [0.717, 1.165) is 6.54 Å². The van der Waals surface area contributed by atoms with Crippen LogP contribution in [0.15, 0.2) is 18.2 Å². The molecule has 1 aromatic rings. The van der Waals surface area contributed by atoms with E-state index in [4.69, 9.17) is 16.3 Å². The molecule has 1 amide bonds. The van der Waals surface area contributed by atoms with Crippen LogP contribution in [0.3, 0.4) is 0 Å². The van der Waals surface area contributed by atoms with E-state index in [0.29, 0.717) is 13.1 Å². The molecule has 0 bridgehead atoms. The number of carbonyl (C=O) groups is 1. The number of piperazine rings is 1. The number of carbonyl (C=O) groups excluding carboxylic acids is 1. The van der Waals surface area contributed by atoms with Gasteiger partial charge in [-0.25, -0.2) is 0 Å². The number of nitro benzene ring substituents is 1. The molecule has 0 aromatic heterocycles. The Morgan fingerprint density at radius 3 is 2.87 bits per heavy atom. The van der Waals surface area contributed by atoms with Gasteiger partial charge in [-0.15, -0.1) is 12.4 Å². The first-order valence-corrected chi connectivity index (χ1v) is 7.39. The van der Waals surface area contributed by atoms with Crippen LogP contribution in [0.2, 0.25) is 5.02 Å². The average Bonchev–Trinajstić information content (AvgIpc) is 2.48. The Kier molecular flexibility index (Phi) is 7.05. The maximum absolute atomic E-state index is 12.4. The fourth-order valence-corrected chi connectivity index (χ4v) is 2.53. The highest BCUT2D eigenvalue weighted by molar-refractivity contribution is 6.30. The molecule has 1 heterocycles. The summed E-state index contributed by atoms with van der Waals surface area (Å²) in [4.78, 5) is 24.5. The predicted molar refractivity (Wildman–Crippen MR) is 89.5 cm³/mol. The van der Waals surface area contributed by atoms with E-state index in [1.807, 2.05) is 6.92 Å². The molecule has 128 valence electrons. The van der Waals surface area contributed by atoms with Gasteiger partial charge in [0, 0.05) is 36.8 Å². The van der Waals surface area contributed by atoms with Gasteiger partial charge >= 0.3 is 5.69 Å². The zero-order valence-corrected chi connectivity index (χ0v) is 14.4. The second-order valence-electron chi connectivity index (χ2n) is 5.27.